The van der Waals surface area contributed by atoms with E-state index in [0.29, 0.717) is 11.6 Å². The molecule has 0 aromatic carbocycles. The first kappa shape index (κ1) is 16.9. The first-order valence-corrected chi connectivity index (χ1v) is 9.32. The third-order valence-electron chi connectivity index (χ3n) is 5.45. The SMILES string of the molecule is CCC(C)C1CN(Cc2csc(C)n2)C(CC)(CC)CN1. The molecule has 2 atom stereocenters. The molecule has 120 valence electrons. The second kappa shape index (κ2) is 7.21. The average molecular weight is 310 g/mol. The Balaban J connectivity index is 2.16. The molecular formula is C17H31N3S. The lowest BCUT2D eigenvalue weighted by Crippen LogP contribution is -2.65. The van der Waals surface area contributed by atoms with Gasteiger partial charge in [-0.2, -0.15) is 0 Å². The summed E-state index contributed by atoms with van der Waals surface area (Å²) in [5.41, 5.74) is 1.54. The molecule has 0 radical (unpaired) electrons. The van der Waals surface area contributed by atoms with E-state index in [4.69, 9.17) is 0 Å². The van der Waals surface area contributed by atoms with Crippen LogP contribution in [0, 0.1) is 12.8 Å². The van der Waals surface area contributed by atoms with E-state index in [0.717, 1.165) is 25.6 Å². The fraction of sp³-hybridized carbons (Fsp3) is 0.824. The molecule has 1 aliphatic rings. The summed E-state index contributed by atoms with van der Waals surface area (Å²) in [5.74, 6) is 0.733. The van der Waals surface area contributed by atoms with Gasteiger partial charge in [0.15, 0.2) is 0 Å². The number of thiazole rings is 1. The van der Waals surface area contributed by atoms with Gasteiger partial charge in [-0.1, -0.05) is 34.1 Å². The maximum Gasteiger partial charge on any atom is 0.0897 e. The number of nitrogens with zero attached hydrogens (tertiary/aromatic N) is 2. The van der Waals surface area contributed by atoms with Crippen LogP contribution in [0.15, 0.2) is 5.38 Å². The molecular weight excluding hydrogens is 278 g/mol. The van der Waals surface area contributed by atoms with Gasteiger partial charge in [-0.3, -0.25) is 4.90 Å². The Morgan fingerprint density at radius 2 is 2.14 bits per heavy atom. The van der Waals surface area contributed by atoms with Crippen molar-refractivity contribution in [3.63, 3.8) is 0 Å². The van der Waals surface area contributed by atoms with Gasteiger partial charge < -0.3 is 5.32 Å². The maximum atomic E-state index is 4.69. The molecule has 2 rings (SSSR count). The normalized spacial score (nSPS) is 24.1. The van der Waals surface area contributed by atoms with E-state index in [-0.39, 0.29) is 0 Å². The quantitative estimate of drug-likeness (QED) is 0.865. The van der Waals surface area contributed by atoms with Gasteiger partial charge in [-0.15, -0.1) is 11.3 Å². The minimum absolute atomic E-state index is 0.293. The molecule has 0 spiro atoms. The van der Waals surface area contributed by atoms with Crippen molar-refractivity contribution in [1.82, 2.24) is 15.2 Å². The van der Waals surface area contributed by atoms with E-state index in [1.807, 2.05) is 0 Å². The number of nitrogens with one attached hydrogen (secondary N) is 1. The largest absolute Gasteiger partial charge is 0.311 e. The van der Waals surface area contributed by atoms with Gasteiger partial charge in [-0.25, -0.2) is 4.98 Å². The Hall–Kier alpha value is -0.450. The van der Waals surface area contributed by atoms with E-state index in [1.54, 1.807) is 11.3 Å². The summed E-state index contributed by atoms with van der Waals surface area (Å²) in [5, 5.41) is 7.23. The predicted molar refractivity (Wildman–Crippen MR) is 91.8 cm³/mol. The molecule has 0 saturated carbocycles. The number of aryl methyl sites for hydroxylation is 1. The minimum Gasteiger partial charge on any atom is -0.311 e. The number of hydrogen-bond donors (Lipinski definition) is 1. The van der Waals surface area contributed by atoms with E-state index in [2.05, 4.69) is 55.2 Å². The Bertz CT molecular complexity index is 439. The number of rotatable bonds is 6. The topological polar surface area (TPSA) is 28.2 Å². The first-order valence-electron chi connectivity index (χ1n) is 8.44. The van der Waals surface area contributed by atoms with Crippen LogP contribution in [0.25, 0.3) is 0 Å². The standard InChI is InChI=1S/C17H31N3S/c1-6-13(4)16-10-20(9-15-11-21-14(5)19-15)17(7-2,8-3)12-18-16/h11,13,16,18H,6-10,12H2,1-5H3. The van der Waals surface area contributed by atoms with Crippen LogP contribution in [0.5, 0.6) is 0 Å². The summed E-state index contributed by atoms with van der Waals surface area (Å²) in [6.45, 7) is 14.7. The Kier molecular flexibility index (Phi) is 5.81. The van der Waals surface area contributed by atoms with Gasteiger partial charge in [-0.05, 0) is 25.7 Å². The highest BCUT2D eigenvalue weighted by Crippen LogP contribution is 2.30. The van der Waals surface area contributed by atoms with Crippen LogP contribution in [-0.2, 0) is 6.54 Å². The van der Waals surface area contributed by atoms with Crippen LogP contribution < -0.4 is 5.32 Å². The minimum atomic E-state index is 0.293. The monoisotopic (exact) mass is 309 g/mol. The molecule has 3 nitrogen and oxygen atoms in total. The first-order chi connectivity index (χ1) is 10.0. The van der Waals surface area contributed by atoms with Crippen LogP contribution >= 0.6 is 11.3 Å². The lowest BCUT2D eigenvalue weighted by atomic mass is 9.84. The summed E-state index contributed by atoms with van der Waals surface area (Å²) >= 11 is 1.77. The lowest BCUT2D eigenvalue weighted by molar-refractivity contribution is 0.0128. The highest BCUT2D eigenvalue weighted by atomic mass is 32.1. The van der Waals surface area contributed by atoms with Crippen LogP contribution in [-0.4, -0.2) is 34.6 Å². The third-order valence-corrected chi connectivity index (χ3v) is 6.27. The molecule has 1 saturated heterocycles. The summed E-state index contributed by atoms with van der Waals surface area (Å²) < 4.78 is 0. The fourth-order valence-corrected chi connectivity index (χ4v) is 4.05. The van der Waals surface area contributed by atoms with Crippen LogP contribution in [0.2, 0.25) is 0 Å². The van der Waals surface area contributed by atoms with Gasteiger partial charge >= 0.3 is 0 Å². The zero-order chi connectivity index (χ0) is 15.5. The van der Waals surface area contributed by atoms with E-state index in [9.17, 15) is 0 Å². The molecule has 0 bridgehead atoms. The van der Waals surface area contributed by atoms with Crippen molar-refractivity contribution in [1.29, 1.82) is 0 Å². The van der Waals surface area contributed by atoms with Crippen molar-refractivity contribution >= 4 is 11.3 Å². The average Bonchev–Trinajstić information content (AvgIpc) is 2.92. The molecule has 21 heavy (non-hydrogen) atoms. The van der Waals surface area contributed by atoms with Gasteiger partial charge in [0, 0.05) is 36.6 Å². The number of piperazine rings is 1. The smallest absolute Gasteiger partial charge is 0.0897 e. The summed E-state index contributed by atoms with van der Waals surface area (Å²) in [6, 6.07) is 0.612. The summed E-state index contributed by atoms with van der Waals surface area (Å²) in [4.78, 5) is 7.39. The fourth-order valence-electron chi connectivity index (χ4n) is 3.45. The Morgan fingerprint density at radius 1 is 1.43 bits per heavy atom. The Morgan fingerprint density at radius 3 is 2.67 bits per heavy atom. The van der Waals surface area contributed by atoms with Gasteiger partial charge in [0.1, 0.15) is 0 Å². The summed E-state index contributed by atoms with van der Waals surface area (Å²) in [6.07, 6.45) is 3.65. The van der Waals surface area contributed by atoms with Crippen molar-refractivity contribution in [3.8, 4) is 0 Å². The number of hydrogen-bond acceptors (Lipinski definition) is 4. The zero-order valence-electron chi connectivity index (χ0n) is 14.3. The van der Waals surface area contributed by atoms with Gasteiger partial charge in [0.25, 0.3) is 0 Å². The molecule has 1 N–H and O–H groups in total. The van der Waals surface area contributed by atoms with E-state index >= 15 is 0 Å². The highest BCUT2D eigenvalue weighted by molar-refractivity contribution is 7.09. The molecule has 2 unspecified atom stereocenters. The van der Waals surface area contributed by atoms with Crippen LogP contribution in [0.1, 0.15) is 57.7 Å². The van der Waals surface area contributed by atoms with Gasteiger partial charge in [0.05, 0.1) is 10.7 Å². The molecule has 1 fully saturated rings. The van der Waals surface area contributed by atoms with Crippen molar-refractivity contribution in [2.24, 2.45) is 5.92 Å². The van der Waals surface area contributed by atoms with Gasteiger partial charge in [0.2, 0.25) is 0 Å². The molecule has 0 aliphatic carbocycles. The zero-order valence-corrected chi connectivity index (χ0v) is 15.1. The second-order valence-corrected chi connectivity index (χ2v) is 7.60. The lowest BCUT2D eigenvalue weighted by Gasteiger charge is -2.50. The predicted octanol–water partition coefficient (Wildman–Crippen LogP) is 3.83. The molecule has 4 heteroatoms. The van der Waals surface area contributed by atoms with Crippen molar-refractivity contribution in [2.75, 3.05) is 13.1 Å². The molecule has 2 heterocycles. The van der Waals surface area contributed by atoms with Crippen molar-refractivity contribution in [2.45, 2.75) is 72.0 Å². The Labute approximate surface area is 134 Å². The summed E-state index contributed by atoms with van der Waals surface area (Å²) in [7, 11) is 0. The second-order valence-electron chi connectivity index (χ2n) is 6.54. The molecule has 1 aromatic rings. The van der Waals surface area contributed by atoms with E-state index in [1.165, 1.54) is 30.0 Å². The van der Waals surface area contributed by atoms with Crippen LogP contribution in [0.3, 0.4) is 0 Å². The number of aromatic nitrogens is 1. The molecule has 1 aromatic heterocycles. The third kappa shape index (κ3) is 3.66. The maximum absolute atomic E-state index is 4.69. The van der Waals surface area contributed by atoms with Crippen LogP contribution in [0.4, 0.5) is 0 Å². The molecule has 0 amide bonds. The van der Waals surface area contributed by atoms with Crippen molar-refractivity contribution < 1.29 is 0 Å². The molecule has 1 aliphatic heterocycles. The van der Waals surface area contributed by atoms with E-state index < -0.39 is 0 Å². The van der Waals surface area contributed by atoms with Crippen molar-refractivity contribution in [3.05, 3.63) is 16.1 Å². The highest BCUT2D eigenvalue weighted by Gasteiger charge is 2.39.